The molecule has 1 aliphatic heterocycles. The molecule has 1 heterocycles. The number of halogens is 1. The van der Waals surface area contributed by atoms with Crippen molar-refractivity contribution in [1.82, 2.24) is 4.90 Å². The maximum atomic E-state index is 12.2. The number of hydrogen-bond donors (Lipinski definition) is 0. The summed E-state index contributed by atoms with van der Waals surface area (Å²) in [4.78, 5) is 14.5. The third kappa shape index (κ3) is 6.32. The van der Waals surface area contributed by atoms with Crippen molar-refractivity contribution in [2.45, 2.75) is 69.7 Å². The van der Waals surface area contributed by atoms with Crippen LogP contribution >= 0.6 is 15.9 Å². The summed E-state index contributed by atoms with van der Waals surface area (Å²) < 4.78 is 5.34. The zero-order chi connectivity index (χ0) is 18.1. The number of nitrogens with zero attached hydrogens (tertiary/aromatic N) is 1. The van der Waals surface area contributed by atoms with Crippen molar-refractivity contribution in [3.05, 3.63) is 35.9 Å². The van der Waals surface area contributed by atoms with Crippen LogP contribution in [0.25, 0.3) is 0 Å². The van der Waals surface area contributed by atoms with E-state index in [-0.39, 0.29) is 12.1 Å². The Balaban J connectivity index is 1.89. The summed E-state index contributed by atoms with van der Waals surface area (Å²) >= 11 is 3.87. The lowest BCUT2D eigenvalue weighted by Gasteiger charge is -2.28. The molecule has 1 saturated heterocycles. The van der Waals surface area contributed by atoms with Gasteiger partial charge in [-0.1, -0.05) is 92.2 Å². The van der Waals surface area contributed by atoms with Crippen LogP contribution in [0.2, 0.25) is 0 Å². The number of cyclic esters (lactones) is 1. The second-order valence-corrected chi connectivity index (χ2v) is 8.28. The van der Waals surface area contributed by atoms with E-state index < -0.39 is 0 Å². The molecular formula is C21H32BrNO2. The van der Waals surface area contributed by atoms with Gasteiger partial charge in [0, 0.05) is 11.4 Å². The summed E-state index contributed by atoms with van der Waals surface area (Å²) in [5.41, 5.74) is 1.26. The fraction of sp³-hybridized carbons (Fsp3) is 0.667. The lowest BCUT2D eigenvalue weighted by molar-refractivity contribution is 0.156. The SMILES string of the molecule is CCCCCCC(CC)C(Br)CN1C(=O)OCC1Cc1ccccc1. The maximum Gasteiger partial charge on any atom is 0.410 e. The minimum Gasteiger partial charge on any atom is -0.447 e. The highest BCUT2D eigenvalue weighted by atomic mass is 79.9. The predicted molar refractivity (Wildman–Crippen MR) is 107 cm³/mol. The number of alkyl halides is 1. The first-order chi connectivity index (χ1) is 12.2. The van der Waals surface area contributed by atoms with E-state index in [1.54, 1.807) is 0 Å². The zero-order valence-corrected chi connectivity index (χ0v) is 17.2. The summed E-state index contributed by atoms with van der Waals surface area (Å²) in [6, 6.07) is 10.5. The molecular weight excluding hydrogens is 378 g/mol. The Morgan fingerprint density at radius 1 is 1.20 bits per heavy atom. The Morgan fingerprint density at radius 2 is 1.96 bits per heavy atom. The van der Waals surface area contributed by atoms with Crippen molar-refractivity contribution in [3.8, 4) is 0 Å². The first-order valence-electron chi connectivity index (χ1n) is 9.77. The van der Waals surface area contributed by atoms with E-state index in [0.717, 1.165) is 19.4 Å². The van der Waals surface area contributed by atoms with Crippen LogP contribution in [0.3, 0.4) is 0 Å². The molecule has 2 rings (SSSR count). The van der Waals surface area contributed by atoms with Gasteiger partial charge in [0.05, 0.1) is 6.04 Å². The number of hydrogen-bond acceptors (Lipinski definition) is 2. The van der Waals surface area contributed by atoms with Crippen molar-refractivity contribution in [2.24, 2.45) is 5.92 Å². The summed E-state index contributed by atoms with van der Waals surface area (Å²) in [5.74, 6) is 0.614. The van der Waals surface area contributed by atoms with Gasteiger partial charge in [0.2, 0.25) is 0 Å². The van der Waals surface area contributed by atoms with E-state index in [2.05, 4.69) is 41.9 Å². The molecule has 4 heteroatoms. The number of carbonyl (C=O) groups is 1. The Kier molecular flexibility index (Phi) is 8.80. The highest BCUT2D eigenvalue weighted by Gasteiger charge is 2.35. The smallest absolute Gasteiger partial charge is 0.410 e. The molecule has 25 heavy (non-hydrogen) atoms. The van der Waals surface area contributed by atoms with Gasteiger partial charge in [-0.15, -0.1) is 0 Å². The Morgan fingerprint density at radius 3 is 2.64 bits per heavy atom. The van der Waals surface area contributed by atoms with Crippen molar-refractivity contribution >= 4 is 22.0 Å². The first-order valence-corrected chi connectivity index (χ1v) is 10.7. The van der Waals surface area contributed by atoms with Gasteiger partial charge in [0.1, 0.15) is 6.61 Å². The van der Waals surface area contributed by atoms with Gasteiger partial charge in [-0.05, 0) is 24.3 Å². The van der Waals surface area contributed by atoms with Gasteiger partial charge in [0.15, 0.2) is 0 Å². The van der Waals surface area contributed by atoms with Gasteiger partial charge >= 0.3 is 6.09 Å². The van der Waals surface area contributed by atoms with E-state index in [1.807, 2.05) is 23.1 Å². The van der Waals surface area contributed by atoms with Crippen molar-refractivity contribution in [2.75, 3.05) is 13.2 Å². The second-order valence-electron chi connectivity index (χ2n) is 7.11. The van der Waals surface area contributed by atoms with E-state index >= 15 is 0 Å². The third-order valence-electron chi connectivity index (χ3n) is 5.22. The molecule has 140 valence electrons. The average molecular weight is 410 g/mol. The van der Waals surface area contributed by atoms with Gasteiger partial charge < -0.3 is 9.64 Å². The molecule has 1 amide bonds. The van der Waals surface area contributed by atoms with Crippen LogP contribution in [0.4, 0.5) is 4.79 Å². The number of carbonyl (C=O) groups excluding carboxylic acids is 1. The number of ether oxygens (including phenoxy) is 1. The van der Waals surface area contributed by atoms with Crippen LogP contribution in [0.15, 0.2) is 30.3 Å². The lowest BCUT2D eigenvalue weighted by atomic mass is 9.94. The maximum absolute atomic E-state index is 12.2. The molecule has 3 atom stereocenters. The zero-order valence-electron chi connectivity index (χ0n) is 15.6. The van der Waals surface area contributed by atoms with Crippen molar-refractivity contribution in [1.29, 1.82) is 0 Å². The number of benzene rings is 1. The molecule has 3 unspecified atom stereocenters. The predicted octanol–water partition coefficient (Wildman–Crippen LogP) is 5.81. The number of rotatable bonds is 11. The summed E-state index contributed by atoms with van der Waals surface area (Å²) in [7, 11) is 0. The monoisotopic (exact) mass is 409 g/mol. The number of unbranched alkanes of at least 4 members (excludes halogenated alkanes) is 3. The molecule has 0 radical (unpaired) electrons. The molecule has 0 saturated carbocycles. The third-order valence-corrected chi connectivity index (χ3v) is 6.26. The minimum atomic E-state index is -0.161. The second kappa shape index (κ2) is 10.8. The van der Waals surface area contributed by atoms with Crippen LogP contribution in [0.1, 0.15) is 57.9 Å². The quantitative estimate of drug-likeness (QED) is 0.340. The van der Waals surface area contributed by atoms with E-state index in [9.17, 15) is 4.79 Å². The molecule has 1 fully saturated rings. The van der Waals surface area contributed by atoms with Crippen LogP contribution in [-0.2, 0) is 11.2 Å². The van der Waals surface area contributed by atoms with Crippen LogP contribution in [0.5, 0.6) is 0 Å². The first kappa shape index (κ1) is 20.3. The number of amides is 1. The molecule has 0 N–H and O–H groups in total. The van der Waals surface area contributed by atoms with Crippen molar-refractivity contribution < 1.29 is 9.53 Å². The molecule has 0 aliphatic carbocycles. The summed E-state index contributed by atoms with van der Waals surface area (Å²) in [5, 5.41) is 0. The molecule has 0 aromatic heterocycles. The molecule has 0 spiro atoms. The molecule has 3 nitrogen and oxygen atoms in total. The van der Waals surface area contributed by atoms with Crippen LogP contribution < -0.4 is 0 Å². The van der Waals surface area contributed by atoms with Gasteiger partial charge in [-0.2, -0.15) is 0 Å². The average Bonchev–Trinajstić information content (AvgIpc) is 2.96. The topological polar surface area (TPSA) is 29.5 Å². The minimum absolute atomic E-state index is 0.146. The normalized spacial score (nSPS) is 19.7. The van der Waals surface area contributed by atoms with E-state index in [4.69, 9.17) is 4.74 Å². The lowest BCUT2D eigenvalue weighted by Crippen LogP contribution is -2.40. The van der Waals surface area contributed by atoms with E-state index in [0.29, 0.717) is 17.4 Å². The molecule has 1 aromatic carbocycles. The molecule has 1 aliphatic rings. The summed E-state index contributed by atoms with van der Waals surface area (Å²) in [6.45, 7) is 5.74. The molecule has 0 bridgehead atoms. The standard InChI is InChI=1S/C21H32BrNO2/c1-3-5-6-10-13-18(4-2)20(22)15-23-19(16-25-21(23)24)14-17-11-8-7-9-12-17/h7-9,11-12,18-20H,3-6,10,13-16H2,1-2H3. The molecule has 1 aromatic rings. The van der Waals surface area contributed by atoms with Gasteiger partial charge in [-0.25, -0.2) is 4.79 Å². The summed E-state index contributed by atoms with van der Waals surface area (Å²) in [6.07, 6.45) is 8.27. The highest BCUT2D eigenvalue weighted by molar-refractivity contribution is 9.09. The highest BCUT2D eigenvalue weighted by Crippen LogP contribution is 2.27. The van der Waals surface area contributed by atoms with Crippen LogP contribution in [0, 0.1) is 5.92 Å². The van der Waals surface area contributed by atoms with Gasteiger partial charge in [0.25, 0.3) is 0 Å². The van der Waals surface area contributed by atoms with Crippen molar-refractivity contribution in [3.63, 3.8) is 0 Å². The fourth-order valence-corrected chi connectivity index (χ4v) is 4.53. The fourth-order valence-electron chi connectivity index (χ4n) is 3.58. The largest absolute Gasteiger partial charge is 0.447 e. The Hall–Kier alpha value is -1.03. The van der Waals surface area contributed by atoms with E-state index in [1.165, 1.54) is 37.7 Å². The van der Waals surface area contributed by atoms with Crippen LogP contribution in [-0.4, -0.2) is 35.0 Å². The Labute approximate surface area is 161 Å². The van der Waals surface area contributed by atoms with Gasteiger partial charge in [-0.3, -0.25) is 0 Å². The Bertz CT molecular complexity index is 508.